The molecule has 2 nitrogen and oxygen atoms in total. The maximum atomic E-state index is 5.96. The van der Waals surface area contributed by atoms with Crippen LogP contribution in [0.25, 0.3) is 0 Å². The normalized spacial score (nSPS) is 38.2. The molecule has 1 aliphatic heterocycles. The molecule has 1 aliphatic carbocycles. The number of nitrogens with one attached hydrogen (secondary N) is 1. The Morgan fingerprint density at radius 1 is 1.12 bits per heavy atom. The molecule has 1 saturated carbocycles. The van der Waals surface area contributed by atoms with Crippen LogP contribution in [-0.2, 0) is 4.74 Å². The highest BCUT2D eigenvalue weighted by molar-refractivity contribution is 4.87. The first kappa shape index (κ1) is 12.4. The van der Waals surface area contributed by atoms with E-state index in [1.165, 1.54) is 44.9 Å². The summed E-state index contributed by atoms with van der Waals surface area (Å²) in [5, 5.41) is 3.54. The Morgan fingerprint density at radius 2 is 2.00 bits per heavy atom. The van der Waals surface area contributed by atoms with Gasteiger partial charge in [-0.1, -0.05) is 19.8 Å². The topological polar surface area (TPSA) is 21.3 Å². The Balaban J connectivity index is 1.91. The molecule has 0 radical (unpaired) electrons. The molecule has 0 amide bonds. The Hall–Kier alpha value is -0.0800. The summed E-state index contributed by atoms with van der Waals surface area (Å²) >= 11 is 0. The van der Waals surface area contributed by atoms with Crippen LogP contribution in [0.2, 0.25) is 0 Å². The van der Waals surface area contributed by atoms with Crippen molar-refractivity contribution in [2.24, 2.45) is 11.8 Å². The summed E-state index contributed by atoms with van der Waals surface area (Å²) < 4.78 is 5.96. The SMILES string of the molecule is CNC(C1CCCC(C)C1)C1CCCCO1. The summed E-state index contributed by atoms with van der Waals surface area (Å²) in [6.07, 6.45) is 9.99. The van der Waals surface area contributed by atoms with Crippen molar-refractivity contribution in [3.63, 3.8) is 0 Å². The maximum Gasteiger partial charge on any atom is 0.0730 e. The largest absolute Gasteiger partial charge is 0.377 e. The van der Waals surface area contributed by atoms with Crippen molar-refractivity contribution in [2.75, 3.05) is 13.7 Å². The highest BCUT2D eigenvalue weighted by Crippen LogP contribution is 2.33. The van der Waals surface area contributed by atoms with E-state index in [0.29, 0.717) is 12.1 Å². The van der Waals surface area contributed by atoms with Crippen LogP contribution in [0.5, 0.6) is 0 Å². The van der Waals surface area contributed by atoms with E-state index in [0.717, 1.165) is 18.4 Å². The molecule has 94 valence electrons. The monoisotopic (exact) mass is 225 g/mol. The van der Waals surface area contributed by atoms with Gasteiger partial charge >= 0.3 is 0 Å². The molecule has 0 bridgehead atoms. The number of rotatable bonds is 3. The molecule has 0 aromatic rings. The van der Waals surface area contributed by atoms with Gasteiger partial charge in [-0.15, -0.1) is 0 Å². The van der Waals surface area contributed by atoms with Gasteiger partial charge in [0, 0.05) is 12.6 Å². The first-order valence-electron chi connectivity index (χ1n) is 7.10. The van der Waals surface area contributed by atoms with Gasteiger partial charge in [-0.05, 0) is 51.0 Å². The summed E-state index contributed by atoms with van der Waals surface area (Å²) in [5.74, 6) is 1.76. The quantitative estimate of drug-likeness (QED) is 0.797. The third-order valence-corrected chi connectivity index (χ3v) is 4.43. The van der Waals surface area contributed by atoms with Crippen LogP contribution in [0, 0.1) is 11.8 Å². The molecule has 2 rings (SSSR count). The highest BCUT2D eigenvalue weighted by Gasteiger charge is 2.32. The van der Waals surface area contributed by atoms with Crippen LogP contribution < -0.4 is 5.32 Å². The molecule has 4 unspecified atom stereocenters. The maximum absolute atomic E-state index is 5.96. The predicted octanol–water partition coefficient (Wildman–Crippen LogP) is 2.97. The van der Waals surface area contributed by atoms with Crippen LogP contribution in [0.1, 0.15) is 51.9 Å². The van der Waals surface area contributed by atoms with E-state index in [1.54, 1.807) is 0 Å². The molecule has 2 aliphatic rings. The van der Waals surface area contributed by atoms with Crippen LogP contribution in [0.3, 0.4) is 0 Å². The number of likely N-dealkylation sites (N-methyl/N-ethyl adjacent to an activating group) is 1. The van der Waals surface area contributed by atoms with Gasteiger partial charge in [0.05, 0.1) is 6.10 Å². The standard InChI is InChI=1S/C14H27NO/c1-11-6-5-7-12(10-11)14(15-2)13-8-3-4-9-16-13/h11-15H,3-10H2,1-2H3. The fourth-order valence-corrected chi connectivity index (χ4v) is 3.58. The first-order chi connectivity index (χ1) is 7.81. The average Bonchev–Trinajstić information content (AvgIpc) is 2.31. The van der Waals surface area contributed by atoms with Gasteiger partial charge in [-0.2, -0.15) is 0 Å². The lowest BCUT2D eigenvalue weighted by Crippen LogP contribution is -2.47. The lowest BCUT2D eigenvalue weighted by molar-refractivity contribution is -0.0256. The molecule has 2 heteroatoms. The third-order valence-electron chi connectivity index (χ3n) is 4.43. The molecule has 0 spiro atoms. The van der Waals surface area contributed by atoms with Crippen LogP contribution in [-0.4, -0.2) is 25.8 Å². The van der Waals surface area contributed by atoms with Crippen molar-refractivity contribution in [3.05, 3.63) is 0 Å². The number of hydrogen-bond acceptors (Lipinski definition) is 2. The van der Waals surface area contributed by atoms with Gasteiger partial charge in [0.1, 0.15) is 0 Å². The molecular formula is C14H27NO. The smallest absolute Gasteiger partial charge is 0.0730 e. The molecule has 0 aromatic heterocycles. The van der Waals surface area contributed by atoms with Crippen LogP contribution >= 0.6 is 0 Å². The van der Waals surface area contributed by atoms with Crippen molar-refractivity contribution < 1.29 is 4.74 Å². The van der Waals surface area contributed by atoms with Crippen molar-refractivity contribution in [3.8, 4) is 0 Å². The van der Waals surface area contributed by atoms with Gasteiger partial charge in [0.15, 0.2) is 0 Å². The van der Waals surface area contributed by atoms with E-state index in [-0.39, 0.29) is 0 Å². The third kappa shape index (κ3) is 2.98. The second kappa shape index (κ2) is 6.02. The van der Waals surface area contributed by atoms with Gasteiger partial charge in [-0.25, -0.2) is 0 Å². The van der Waals surface area contributed by atoms with Gasteiger partial charge in [0.2, 0.25) is 0 Å². The molecular weight excluding hydrogens is 198 g/mol. The second-order valence-electron chi connectivity index (χ2n) is 5.75. The zero-order valence-corrected chi connectivity index (χ0v) is 10.9. The lowest BCUT2D eigenvalue weighted by Gasteiger charge is -2.39. The Morgan fingerprint density at radius 3 is 2.62 bits per heavy atom. The van der Waals surface area contributed by atoms with E-state index >= 15 is 0 Å². The van der Waals surface area contributed by atoms with Gasteiger partial charge < -0.3 is 10.1 Å². The van der Waals surface area contributed by atoms with E-state index in [4.69, 9.17) is 4.74 Å². The van der Waals surface area contributed by atoms with E-state index in [2.05, 4.69) is 19.3 Å². The van der Waals surface area contributed by atoms with E-state index < -0.39 is 0 Å². The summed E-state index contributed by atoms with van der Waals surface area (Å²) in [6.45, 7) is 3.38. The fourth-order valence-electron chi connectivity index (χ4n) is 3.58. The molecule has 4 atom stereocenters. The zero-order valence-electron chi connectivity index (χ0n) is 10.9. The Kier molecular flexibility index (Phi) is 4.66. The minimum absolute atomic E-state index is 0.481. The fraction of sp³-hybridized carbons (Fsp3) is 1.00. The van der Waals surface area contributed by atoms with Crippen molar-refractivity contribution >= 4 is 0 Å². The second-order valence-corrected chi connectivity index (χ2v) is 5.75. The highest BCUT2D eigenvalue weighted by atomic mass is 16.5. The zero-order chi connectivity index (χ0) is 11.4. The molecule has 1 heterocycles. The molecule has 0 aromatic carbocycles. The summed E-state index contributed by atoms with van der Waals surface area (Å²) in [6, 6.07) is 0.600. The first-order valence-corrected chi connectivity index (χ1v) is 7.10. The van der Waals surface area contributed by atoms with Crippen LogP contribution in [0.4, 0.5) is 0 Å². The number of ether oxygens (including phenoxy) is 1. The minimum Gasteiger partial charge on any atom is -0.377 e. The number of hydrogen-bond donors (Lipinski definition) is 1. The summed E-state index contributed by atoms with van der Waals surface area (Å²) in [4.78, 5) is 0. The predicted molar refractivity (Wildman–Crippen MR) is 67.6 cm³/mol. The average molecular weight is 225 g/mol. The Bertz CT molecular complexity index is 201. The van der Waals surface area contributed by atoms with E-state index in [1.807, 2.05) is 0 Å². The molecule has 2 fully saturated rings. The lowest BCUT2D eigenvalue weighted by atomic mass is 9.76. The van der Waals surface area contributed by atoms with Gasteiger partial charge in [0.25, 0.3) is 0 Å². The van der Waals surface area contributed by atoms with Crippen molar-refractivity contribution in [1.82, 2.24) is 5.32 Å². The minimum atomic E-state index is 0.481. The van der Waals surface area contributed by atoms with Crippen molar-refractivity contribution in [2.45, 2.75) is 64.0 Å². The summed E-state index contributed by atoms with van der Waals surface area (Å²) in [7, 11) is 2.11. The van der Waals surface area contributed by atoms with Crippen LogP contribution in [0.15, 0.2) is 0 Å². The van der Waals surface area contributed by atoms with E-state index in [9.17, 15) is 0 Å². The molecule has 1 N–H and O–H groups in total. The Labute approximate surface area is 100 Å². The van der Waals surface area contributed by atoms with Crippen molar-refractivity contribution in [1.29, 1.82) is 0 Å². The summed E-state index contributed by atoms with van der Waals surface area (Å²) in [5.41, 5.74) is 0. The van der Waals surface area contributed by atoms with Gasteiger partial charge in [-0.3, -0.25) is 0 Å². The molecule has 16 heavy (non-hydrogen) atoms. The molecule has 1 saturated heterocycles.